The number of rotatable bonds is 11. The molecule has 0 amide bonds. The lowest BCUT2D eigenvalue weighted by Crippen LogP contribution is -2.49. The van der Waals surface area contributed by atoms with Crippen LogP contribution in [0.25, 0.3) is 0 Å². The Labute approximate surface area is 131 Å². The van der Waals surface area contributed by atoms with Gasteiger partial charge in [-0.05, 0) is 63.6 Å². The molecule has 2 nitrogen and oxygen atoms in total. The zero-order chi connectivity index (χ0) is 15.6. The molecular formula is C19H34NO+. The highest BCUT2D eigenvalue weighted by molar-refractivity contribution is 5.25. The van der Waals surface area contributed by atoms with Crippen LogP contribution in [0.15, 0.2) is 24.3 Å². The fraction of sp³-hybridized carbons (Fsp3) is 0.684. The first-order valence-corrected chi connectivity index (χ1v) is 8.78. The summed E-state index contributed by atoms with van der Waals surface area (Å²) in [4.78, 5) is 0. The van der Waals surface area contributed by atoms with E-state index in [2.05, 4.69) is 20.8 Å². The van der Waals surface area contributed by atoms with E-state index in [-0.39, 0.29) is 0 Å². The Morgan fingerprint density at radius 2 is 1.38 bits per heavy atom. The molecule has 0 radical (unpaired) electrons. The van der Waals surface area contributed by atoms with E-state index in [0.717, 1.165) is 6.42 Å². The molecule has 0 spiro atoms. The van der Waals surface area contributed by atoms with Crippen molar-refractivity contribution in [3.05, 3.63) is 29.8 Å². The average molecular weight is 292 g/mol. The fourth-order valence-corrected chi connectivity index (χ4v) is 3.10. The summed E-state index contributed by atoms with van der Waals surface area (Å²) in [6.45, 7) is 12.2. The Bertz CT molecular complexity index is 368. The Morgan fingerprint density at radius 1 is 0.810 bits per heavy atom. The summed E-state index contributed by atoms with van der Waals surface area (Å²) in [6.07, 6.45) is 7.73. The van der Waals surface area contributed by atoms with Crippen LogP contribution in [0.4, 0.5) is 0 Å². The standard InChI is InChI=1S/C19H33NO/c1-4-7-9-16-20(5-2,6-3)17-10-8-11-18-12-14-19(21)15-13-18/h12-15H,4-11,16-17H2,1-3H3/p+1. The van der Waals surface area contributed by atoms with Gasteiger partial charge in [-0.2, -0.15) is 0 Å². The summed E-state index contributed by atoms with van der Waals surface area (Å²) in [5.74, 6) is 0.363. The van der Waals surface area contributed by atoms with Crippen LogP contribution in [-0.2, 0) is 6.42 Å². The van der Waals surface area contributed by atoms with Gasteiger partial charge in [0.15, 0.2) is 0 Å². The number of phenolic OH excluding ortho intramolecular Hbond substituents is 1. The molecular weight excluding hydrogens is 258 g/mol. The molecule has 0 aliphatic heterocycles. The summed E-state index contributed by atoms with van der Waals surface area (Å²) < 4.78 is 1.29. The minimum Gasteiger partial charge on any atom is -0.508 e. The van der Waals surface area contributed by atoms with Crippen LogP contribution >= 0.6 is 0 Å². The molecule has 0 aromatic heterocycles. The van der Waals surface area contributed by atoms with Crippen molar-refractivity contribution in [3.8, 4) is 5.75 Å². The van der Waals surface area contributed by atoms with Crippen LogP contribution in [0.1, 0.15) is 58.4 Å². The van der Waals surface area contributed by atoms with Crippen molar-refractivity contribution >= 4 is 0 Å². The maximum atomic E-state index is 9.30. The number of aromatic hydroxyl groups is 1. The zero-order valence-electron chi connectivity index (χ0n) is 14.3. The minimum atomic E-state index is 0.363. The molecule has 1 N–H and O–H groups in total. The molecule has 1 aromatic rings. The molecule has 1 rings (SSSR count). The van der Waals surface area contributed by atoms with E-state index >= 15 is 0 Å². The van der Waals surface area contributed by atoms with E-state index in [1.165, 1.54) is 68.3 Å². The van der Waals surface area contributed by atoms with Crippen LogP contribution in [0.5, 0.6) is 5.75 Å². The Morgan fingerprint density at radius 3 is 1.90 bits per heavy atom. The van der Waals surface area contributed by atoms with Crippen molar-refractivity contribution in [1.82, 2.24) is 0 Å². The van der Waals surface area contributed by atoms with E-state index < -0.39 is 0 Å². The van der Waals surface area contributed by atoms with Crippen LogP contribution < -0.4 is 0 Å². The second-order valence-electron chi connectivity index (χ2n) is 6.25. The lowest BCUT2D eigenvalue weighted by atomic mass is 10.1. The first-order chi connectivity index (χ1) is 10.2. The number of unbranched alkanes of at least 4 members (excludes halogenated alkanes) is 3. The number of hydrogen-bond donors (Lipinski definition) is 1. The molecule has 2 heteroatoms. The molecule has 1 aromatic carbocycles. The number of nitrogens with zero attached hydrogens (tertiary/aromatic N) is 1. The van der Waals surface area contributed by atoms with Gasteiger partial charge in [-0.15, -0.1) is 0 Å². The van der Waals surface area contributed by atoms with Crippen LogP contribution in [0.2, 0.25) is 0 Å². The molecule has 0 atom stereocenters. The first kappa shape index (κ1) is 18.0. The topological polar surface area (TPSA) is 20.2 Å². The van der Waals surface area contributed by atoms with Crippen molar-refractivity contribution in [2.75, 3.05) is 26.2 Å². The summed E-state index contributed by atoms with van der Waals surface area (Å²) in [6, 6.07) is 7.66. The molecule has 0 bridgehead atoms. The molecule has 0 unspecified atom stereocenters. The van der Waals surface area contributed by atoms with Gasteiger partial charge in [0.05, 0.1) is 26.2 Å². The summed E-state index contributed by atoms with van der Waals surface area (Å²) in [5, 5.41) is 9.30. The van der Waals surface area contributed by atoms with Gasteiger partial charge >= 0.3 is 0 Å². The zero-order valence-corrected chi connectivity index (χ0v) is 14.3. The Balaban J connectivity index is 2.33. The summed E-state index contributed by atoms with van der Waals surface area (Å²) in [5.41, 5.74) is 1.34. The summed E-state index contributed by atoms with van der Waals surface area (Å²) in [7, 11) is 0. The van der Waals surface area contributed by atoms with Crippen molar-refractivity contribution in [2.45, 2.75) is 59.3 Å². The molecule has 0 aliphatic carbocycles. The fourth-order valence-electron chi connectivity index (χ4n) is 3.10. The van der Waals surface area contributed by atoms with E-state index in [1.807, 2.05) is 12.1 Å². The average Bonchev–Trinajstić information content (AvgIpc) is 2.52. The first-order valence-electron chi connectivity index (χ1n) is 8.78. The SMILES string of the molecule is CCCCC[N+](CC)(CC)CCCCc1ccc(O)cc1. The molecule has 0 saturated heterocycles. The molecule has 21 heavy (non-hydrogen) atoms. The monoisotopic (exact) mass is 292 g/mol. The Kier molecular flexibility index (Phi) is 8.44. The molecule has 0 saturated carbocycles. The van der Waals surface area contributed by atoms with Gasteiger partial charge < -0.3 is 9.59 Å². The van der Waals surface area contributed by atoms with Crippen molar-refractivity contribution in [1.29, 1.82) is 0 Å². The van der Waals surface area contributed by atoms with Crippen molar-refractivity contribution in [2.24, 2.45) is 0 Å². The van der Waals surface area contributed by atoms with Gasteiger partial charge in [0.2, 0.25) is 0 Å². The minimum absolute atomic E-state index is 0.363. The highest BCUT2D eigenvalue weighted by atomic mass is 16.3. The van der Waals surface area contributed by atoms with Gasteiger partial charge in [-0.3, -0.25) is 0 Å². The lowest BCUT2D eigenvalue weighted by molar-refractivity contribution is -0.925. The lowest BCUT2D eigenvalue weighted by Gasteiger charge is -2.37. The number of phenols is 1. The normalized spacial score (nSPS) is 11.8. The molecule has 0 fully saturated rings. The molecule has 120 valence electrons. The van der Waals surface area contributed by atoms with Gasteiger partial charge in [-0.1, -0.05) is 25.5 Å². The molecule has 0 heterocycles. The van der Waals surface area contributed by atoms with Gasteiger partial charge in [-0.25, -0.2) is 0 Å². The van der Waals surface area contributed by atoms with Gasteiger partial charge in [0.25, 0.3) is 0 Å². The van der Waals surface area contributed by atoms with Gasteiger partial charge in [0.1, 0.15) is 5.75 Å². The highest BCUT2D eigenvalue weighted by Gasteiger charge is 2.21. The predicted molar refractivity (Wildman–Crippen MR) is 91.6 cm³/mol. The third kappa shape index (κ3) is 6.52. The van der Waals surface area contributed by atoms with E-state index in [1.54, 1.807) is 12.1 Å². The quantitative estimate of drug-likeness (QED) is 0.460. The summed E-state index contributed by atoms with van der Waals surface area (Å²) >= 11 is 0. The smallest absolute Gasteiger partial charge is 0.115 e. The highest BCUT2D eigenvalue weighted by Crippen LogP contribution is 2.15. The van der Waals surface area contributed by atoms with Crippen LogP contribution in [-0.4, -0.2) is 35.8 Å². The number of quaternary nitrogens is 1. The number of hydrogen-bond acceptors (Lipinski definition) is 1. The Hall–Kier alpha value is -1.02. The molecule has 0 aliphatic rings. The second kappa shape index (κ2) is 9.83. The van der Waals surface area contributed by atoms with E-state index in [9.17, 15) is 5.11 Å². The van der Waals surface area contributed by atoms with E-state index in [4.69, 9.17) is 0 Å². The van der Waals surface area contributed by atoms with Crippen molar-refractivity contribution in [3.63, 3.8) is 0 Å². The third-order valence-corrected chi connectivity index (χ3v) is 4.86. The third-order valence-electron chi connectivity index (χ3n) is 4.86. The number of benzene rings is 1. The maximum absolute atomic E-state index is 9.30. The maximum Gasteiger partial charge on any atom is 0.115 e. The number of aryl methyl sites for hydroxylation is 1. The van der Waals surface area contributed by atoms with Crippen LogP contribution in [0.3, 0.4) is 0 Å². The van der Waals surface area contributed by atoms with Gasteiger partial charge in [0, 0.05) is 0 Å². The van der Waals surface area contributed by atoms with Crippen molar-refractivity contribution < 1.29 is 9.59 Å². The van der Waals surface area contributed by atoms with E-state index in [0.29, 0.717) is 5.75 Å². The van der Waals surface area contributed by atoms with Crippen LogP contribution in [0, 0.1) is 0 Å². The predicted octanol–water partition coefficient (Wildman–Crippen LogP) is 4.76. The second-order valence-corrected chi connectivity index (χ2v) is 6.25. The largest absolute Gasteiger partial charge is 0.508 e.